The Morgan fingerprint density at radius 3 is 2.29 bits per heavy atom. The number of ketones is 1. The second kappa shape index (κ2) is 10.7. The average Bonchev–Trinajstić information content (AvgIpc) is 2.96. The number of rotatable bonds is 5. The Morgan fingerprint density at radius 2 is 1.54 bits per heavy atom. The van der Waals surface area contributed by atoms with Gasteiger partial charge in [0.15, 0.2) is 5.78 Å². The Bertz CT molecular complexity index is 1940. The Labute approximate surface area is 238 Å². The van der Waals surface area contributed by atoms with Crippen LogP contribution < -0.4 is 15.8 Å². The number of hydrogen-bond acceptors (Lipinski definition) is 4. The van der Waals surface area contributed by atoms with Crippen LogP contribution in [0.4, 0.5) is 5.69 Å². The lowest BCUT2D eigenvalue weighted by molar-refractivity contribution is -0.143. The lowest BCUT2D eigenvalue weighted by Crippen LogP contribution is -2.31. The lowest BCUT2D eigenvalue weighted by Gasteiger charge is -2.27. The molecule has 1 N–H and O–H groups in total. The van der Waals surface area contributed by atoms with E-state index in [1.807, 2.05) is 49.4 Å². The van der Waals surface area contributed by atoms with Crippen LogP contribution in [0.5, 0.6) is 0 Å². The number of carbonyl (C=O) groups excluding carboxylic acids is 3. The van der Waals surface area contributed by atoms with Gasteiger partial charge in [0, 0.05) is 34.9 Å². The molecule has 2 aliphatic carbocycles. The zero-order valence-electron chi connectivity index (χ0n) is 23.4. The number of anilines is 1. The fourth-order valence-electron chi connectivity index (χ4n) is 6.16. The van der Waals surface area contributed by atoms with Gasteiger partial charge in [-0.2, -0.15) is 0 Å². The molecule has 2 unspecified atom stereocenters. The summed E-state index contributed by atoms with van der Waals surface area (Å²) in [5.74, 6) is -0.481. The minimum absolute atomic E-state index is 0.0283. The van der Waals surface area contributed by atoms with Gasteiger partial charge in [-0.1, -0.05) is 61.5 Å². The number of ether oxygens (including phenoxy) is 1. The number of aryl methyl sites for hydroxylation is 1. The quantitative estimate of drug-likeness (QED) is 0.266. The summed E-state index contributed by atoms with van der Waals surface area (Å²) < 4.78 is 5.81. The van der Waals surface area contributed by atoms with Crippen molar-refractivity contribution in [2.45, 2.75) is 39.7 Å². The van der Waals surface area contributed by atoms with Crippen LogP contribution >= 0.6 is 0 Å². The number of Topliss-reactive ketones (excluding diaryl/α,β-unsaturated/α-hetero) is 1. The van der Waals surface area contributed by atoms with Crippen molar-refractivity contribution < 1.29 is 19.1 Å². The molecule has 2 atom stereocenters. The number of amides is 1. The maximum absolute atomic E-state index is 14.0. The molecule has 0 aliphatic heterocycles. The van der Waals surface area contributed by atoms with Crippen LogP contribution in [0.15, 0.2) is 84.9 Å². The summed E-state index contributed by atoms with van der Waals surface area (Å²) in [6.07, 6.45) is 3.12. The lowest BCUT2D eigenvalue weighted by atomic mass is 9.78. The summed E-state index contributed by atoms with van der Waals surface area (Å²) in [5, 5.41) is 7.03. The summed E-state index contributed by atoms with van der Waals surface area (Å²) in [6, 6.07) is 26.8. The highest BCUT2D eigenvalue weighted by atomic mass is 16.5. The second-order valence-electron chi connectivity index (χ2n) is 10.9. The third-order valence-electron chi connectivity index (χ3n) is 8.17. The van der Waals surface area contributed by atoms with Gasteiger partial charge in [0.1, 0.15) is 6.10 Å². The molecule has 0 radical (unpaired) electrons. The van der Waals surface area contributed by atoms with Gasteiger partial charge in [-0.3, -0.25) is 14.4 Å². The molecule has 6 rings (SSSR count). The molecule has 1 amide bonds. The number of carbonyl (C=O) groups is 3. The van der Waals surface area contributed by atoms with Crippen molar-refractivity contribution >= 4 is 35.0 Å². The molecule has 41 heavy (non-hydrogen) atoms. The number of esters is 1. The third-order valence-corrected chi connectivity index (χ3v) is 8.17. The molecule has 204 valence electrons. The average molecular weight is 542 g/mol. The number of fused-ring (bicyclic) bond motifs is 4. The molecule has 5 heteroatoms. The molecule has 4 aromatic rings. The fraction of sp³-hybridized carbons (Fsp3) is 0.194. The van der Waals surface area contributed by atoms with E-state index in [-0.39, 0.29) is 23.6 Å². The summed E-state index contributed by atoms with van der Waals surface area (Å²) in [7, 11) is 0. The van der Waals surface area contributed by atoms with E-state index in [0.717, 1.165) is 56.0 Å². The molecular weight excluding hydrogens is 510 g/mol. The van der Waals surface area contributed by atoms with Crippen LogP contribution in [0.1, 0.15) is 63.8 Å². The highest BCUT2D eigenvalue weighted by Crippen LogP contribution is 2.32. The molecular formula is C36H31NO4. The van der Waals surface area contributed by atoms with Crippen LogP contribution in [0.3, 0.4) is 0 Å². The second-order valence-corrected chi connectivity index (χ2v) is 10.9. The molecule has 0 fully saturated rings. The topological polar surface area (TPSA) is 72.5 Å². The molecule has 0 bridgehead atoms. The van der Waals surface area contributed by atoms with E-state index in [9.17, 15) is 14.4 Å². The van der Waals surface area contributed by atoms with Gasteiger partial charge in [0.2, 0.25) is 0 Å². The molecule has 0 aromatic heterocycles. The van der Waals surface area contributed by atoms with Crippen LogP contribution in [0.2, 0.25) is 0 Å². The molecule has 0 spiro atoms. The van der Waals surface area contributed by atoms with Gasteiger partial charge < -0.3 is 10.1 Å². The first-order valence-corrected chi connectivity index (χ1v) is 14.0. The molecule has 5 nitrogen and oxygen atoms in total. The predicted molar refractivity (Wildman–Crippen MR) is 160 cm³/mol. The van der Waals surface area contributed by atoms with Gasteiger partial charge >= 0.3 is 5.97 Å². The maximum Gasteiger partial charge on any atom is 0.303 e. The van der Waals surface area contributed by atoms with Crippen molar-refractivity contribution in [2.75, 3.05) is 5.32 Å². The van der Waals surface area contributed by atoms with E-state index in [2.05, 4.69) is 30.4 Å². The van der Waals surface area contributed by atoms with Gasteiger partial charge in [-0.25, -0.2) is 0 Å². The third kappa shape index (κ3) is 4.89. The zero-order valence-corrected chi connectivity index (χ0v) is 23.4. The van der Waals surface area contributed by atoms with E-state index in [1.165, 1.54) is 6.92 Å². The van der Waals surface area contributed by atoms with Crippen LogP contribution in [0, 0.1) is 23.3 Å². The molecule has 4 aromatic carbocycles. The van der Waals surface area contributed by atoms with E-state index < -0.39 is 6.10 Å². The van der Waals surface area contributed by atoms with Gasteiger partial charge in [0.25, 0.3) is 5.91 Å². The summed E-state index contributed by atoms with van der Waals surface area (Å²) in [6.45, 7) is 5.43. The van der Waals surface area contributed by atoms with Crippen LogP contribution in [0.25, 0.3) is 11.6 Å². The Hall–Kier alpha value is -4.77. The van der Waals surface area contributed by atoms with Crippen molar-refractivity contribution in [3.05, 3.63) is 134 Å². The van der Waals surface area contributed by atoms with Crippen molar-refractivity contribution in [3.8, 4) is 0 Å². The first-order chi connectivity index (χ1) is 19.8. The van der Waals surface area contributed by atoms with Crippen molar-refractivity contribution in [1.82, 2.24) is 0 Å². The molecule has 2 aliphatic rings. The normalized spacial score (nSPS) is 16.9. The number of hydrogen-bond donors (Lipinski definition) is 1. The van der Waals surface area contributed by atoms with Crippen molar-refractivity contribution in [3.63, 3.8) is 0 Å². The summed E-state index contributed by atoms with van der Waals surface area (Å²) >= 11 is 0. The maximum atomic E-state index is 14.0. The summed E-state index contributed by atoms with van der Waals surface area (Å²) in [5.41, 5.74) is 5.53. The highest BCUT2D eigenvalue weighted by Gasteiger charge is 2.29. The van der Waals surface area contributed by atoms with E-state index in [0.29, 0.717) is 16.8 Å². The predicted octanol–water partition coefficient (Wildman–Crippen LogP) is 5.55. The summed E-state index contributed by atoms with van der Waals surface area (Å²) in [4.78, 5) is 38.8. The Morgan fingerprint density at radius 1 is 0.829 bits per heavy atom. The fourth-order valence-corrected chi connectivity index (χ4v) is 6.16. The van der Waals surface area contributed by atoms with Gasteiger partial charge in [-0.15, -0.1) is 0 Å². The highest BCUT2D eigenvalue weighted by molar-refractivity contribution is 6.25. The largest absolute Gasteiger partial charge is 0.453 e. The van der Waals surface area contributed by atoms with Crippen molar-refractivity contribution in [1.29, 1.82) is 0 Å². The standard InChI is InChI=1S/C36H31NO4/c1-21-8-4-6-10-27(21)36(40)37-26-15-13-24(14-16-26)35(39)33-22(2)12-17-31-30(33)19-18-29-28-11-7-5-9-25(28)20-32(34(29)31)41-23(3)38/h4-11,13-16,18-20,22,32H,12,17H2,1-3H3,(H,37,40). The van der Waals surface area contributed by atoms with E-state index in [1.54, 1.807) is 30.3 Å². The van der Waals surface area contributed by atoms with E-state index in [4.69, 9.17) is 4.74 Å². The first-order valence-electron chi connectivity index (χ1n) is 14.0. The molecule has 0 saturated heterocycles. The Balaban J connectivity index is 1.41. The smallest absolute Gasteiger partial charge is 0.303 e. The van der Waals surface area contributed by atoms with Crippen molar-refractivity contribution in [2.24, 2.45) is 5.92 Å². The van der Waals surface area contributed by atoms with Gasteiger partial charge in [0.05, 0.1) is 0 Å². The SMILES string of the molecule is CC(=O)OC1C=c2ccccc2=c2ccc3c(c21)CCC(C)C=3C(=O)c1ccc(NC(=O)c2ccccc2C)cc1. The molecule has 0 saturated carbocycles. The van der Waals surface area contributed by atoms with E-state index >= 15 is 0 Å². The minimum atomic E-state index is -0.506. The molecule has 0 heterocycles. The monoisotopic (exact) mass is 541 g/mol. The Kier molecular flexibility index (Phi) is 6.88. The zero-order chi connectivity index (χ0) is 28.7. The van der Waals surface area contributed by atoms with Crippen LogP contribution in [-0.2, 0) is 16.0 Å². The minimum Gasteiger partial charge on any atom is -0.453 e. The number of benzene rings is 4. The van der Waals surface area contributed by atoms with Gasteiger partial charge in [-0.05, 0) is 94.1 Å². The van der Waals surface area contributed by atoms with Crippen LogP contribution in [-0.4, -0.2) is 17.7 Å². The first kappa shape index (κ1) is 26.5. The number of nitrogens with one attached hydrogen (secondary N) is 1.